The monoisotopic (exact) mass is 596 g/mol. The van der Waals surface area contributed by atoms with Crippen LogP contribution in [-0.2, 0) is 17.6 Å². The molecule has 0 radical (unpaired) electrons. The van der Waals surface area contributed by atoms with Crippen LogP contribution in [0.5, 0.6) is 0 Å². The Morgan fingerprint density at radius 2 is 1.80 bits per heavy atom. The van der Waals surface area contributed by atoms with Crippen LogP contribution >= 0.6 is 35.3 Å². The van der Waals surface area contributed by atoms with Gasteiger partial charge in [0.15, 0.2) is 5.11 Å². The fourth-order valence-electron chi connectivity index (χ4n) is 5.06. The van der Waals surface area contributed by atoms with Gasteiger partial charge in [-0.25, -0.2) is 0 Å². The highest BCUT2D eigenvalue weighted by atomic mass is 32.2. The summed E-state index contributed by atoms with van der Waals surface area (Å²) in [5, 5.41) is 20.4. The molecular weight excluding hydrogens is 565 g/mol. The summed E-state index contributed by atoms with van der Waals surface area (Å²) < 4.78 is 0. The molecule has 8 heteroatoms. The Morgan fingerprint density at radius 1 is 1.05 bits per heavy atom. The molecule has 41 heavy (non-hydrogen) atoms. The smallest absolute Gasteiger partial charge is 0.238 e. The summed E-state index contributed by atoms with van der Waals surface area (Å²) in [4.78, 5) is 15.6. The predicted molar refractivity (Wildman–Crippen MR) is 176 cm³/mol. The summed E-state index contributed by atoms with van der Waals surface area (Å²) in [6.45, 7) is 4.06. The molecule has 1 aliphatic rings. The standard InChI is InChI=1S/C33H32N4OS3/c1-3-29(40-26-11-7-10-25(19-26)36-33(39)35-24-15-12-21(2)13-16-24)31(38)37-32-28(20-34)27-17-14-23(18-30(27)41-32)22-8-5-4-6-9-22/h4-13,15-16,19,23,29H,3,14,17-18H2,1-2H3,(H,37,38)(H2,35,36,39). The summed E-state index contributed by atoms with van der Waals surface area (Å²) in [7, 11) is 0. The molecule has 0 fully saturated rings. The molecule has 4 aromatic rings. The molecule has 3 N–H and O–H groups in total. The Kier molecular flexibility index (Phi) is 9.40. The van der Waals surface area contributed by atoms with Crippen molar-refractivity contribution in [1.82, 2.24) is 0 Å². The summed E-state index contributed by atoms with van der Waals surface area (Å²) >= 11 is 8.57. The summed E-state index contributed by atoms with van der Waals surface area (Å²) in [6.07, 6.45) is 3.43. The fraction of sp³-hybridized carbons (Fsp3) is 0.242. The van der Waals surface area contributed by atoms with Gasteiger partial charge < -0.3 is 16.0 Å². The van der Waals surface area contributed by atoms with Crippen LogP contribution in [0, 0.1) is 18.3 Å². The Balaban J connectivity index is 1.23. The molecule has 2 atom stereocenters. The Hall–Kier alpha value is -3.64. The van der Waals surface area contributed by atoms with E-state index in [1.165, 1.54) is 27.8 Å². The highest BCUT2D eigenvalue weighted by molar-refractivity contribution is 8.00. The topological polar surface area (TPSA) is 76.9 Å². The molecule has 1 aromatic heterocycles. The third-order valence-corrected chi connectivity index (χ3v) is 9.96. The number of thiophene rings is 1. The molecule has 1 aliphatic carbocycles. The van der Waals surface area contributed by atoms with Crippen LogP contribution in [0.1, 0.15) is 52.8 Å². The van der Waals surface area contributed by atoms with E-state index in [1.54, 1.807) is 11.3 Å². The number of nitrogens with zero attached hydrogens (tertiary/aromatic N) is 1. The number of carbonyl (C=O) groups excluding carboxylic acids is 1. The van der Waals surface area contributed by atoms with Gasteiger partial charge in [0.1, 0.15) is 11.1 Å². The van der Waals surface area contributed by atoms with Crippen molar-refractivity contribution in [2.45, 2.75) is 55.6 Å². The van der Waals surface area contributed by atoms with Crippen LogP contribution in [0.3, 0.4) is 0 Å². The average Bonchev–Trinajstić information content (AvgIpc) is 3.33. The lowest BCUT2D eigenvalue weighted by Crippen LogP contribution is -2.24. The number of rotatable bonds is 8. The highest BCUT2D eigenvalue weighted by Crippen LogP contribution is 2.42. The van der Waals surface area contributed by atoms with E-state index in [1.807, 2.05) is 68.4 Å². The van der Waals surface area contributed by atoms with Crippen molar-refractivity contribution in [3.8, 4) is 6.07 Å². The van der Waals surface area contributed by atoms with E-state index in [2.05, 4.69) is 46.3 Å². The highest BCUT2D eigenvalue weighted by Gasteiger charge is 2.28. The van der Waals surface area contributed by atoms with Gasteiger partial charge in [0, 0.05) is 21.1 Å². The van der Waals surface area contributed by atoms with E-state index >= 15 is 0 Å². The molecule has 0 bridgehead atoms. The van der Waals surface area contributed by atoms with Gasteiger partial charge >= 0.3 is 0 Å². The molecule has 1 amide bonds. The first-order chi connectivity index (χ1) is 19.9. The van der Waals surface area contributed by atoms with Crippen LogP contribution < -0.4 is 16.0 Å². The zero-order valence-electron chi connectivity index (χ0n) is 23.1. The molecule has 5 rings (SSSR count). The minimum absolute atomic E-state index is 0.0814. The number of thiocarbonyl (C=S) groups is 1. The van der Waals surface area contributed by atoms with E-state index in [9.17, 15) is 10.1 Å². The van der Waals surface area contributed by atoms with Crippen molar-refractivity contribution >= 4 is 62.7 Å². The third kappa shape index (κ3) is 7.17. The first-order valence-electron chi connectivity index (χ1n) is 13.7. The largest absolute Gasteiger partial charge is 0.332 e. The number of amides is 1. The predicted octanol–water partition coefficient (Wildman–Crippen LogP) is 8.52. The van der Waals surface area contributed by atoms with Crippen molar-refractivity contribution < 1.29 is 4.79 Å². The number of nitrogens with one attached hydrogen (secondary N) is 3. The second kappa shape index (κ2) is 13.3. The molecule has 5 nitrogen and oxygen atoms in total. The van der Waals surface area contributed by atoms with Crippen molar-refractivity contribution in [3.63, 3.8) is 0 Å². The Morgan fingerprint density at radius 3 is 2.54 bits per heavy atom. The number of carbonyl (C=O) groups is 1. The van der Waals surface area contributed by atoms with Crippen LogP contribution in [0.15, 0.2) is 83.8 Å². The minimum Gasteiger partial charge on any atom is -0.332 e. The zero-order valence-corrected chi connectivity index (χ0v) is 25.5. The number of fused-ring (bicyclic) bond motifs is 1. The molecule has 0 aliphatic heterocycles. The molecule has 2 unspecified atom stereocenters. The summed E-state index contributed by atoms with van der Waals surface area (Å²) in [5.41, 5.74) is 6.03. The molecule has 208 valence electrons. The normalized spacial score (nSPS) is 14.8. The maximum atomic E-state index is 13.4. The first kappa shape index (κ1) is 28.9. The van der Waals surface area contributed by atoms with Crippen molar-refractivity contribution in [1.29, 1.82) is 5.26 Å². The Bertz CT molecular complexity index is 1570. The van der Waals surface area contributed by atoms with Gasteiger partial charge in [-0.2, -0.15) is 5.26 Å². The van der Waals surface area contributed by atoms with Crippen LogP contribution in [0.2, 0.25) is 0 Å². The third-order valence-electron chi connectivity index (χ3n) is 7.23. The molecule has 3 aromatic carbocycles. The van der Waals surface area contributed by atoms with Gasteiger partial charge in [0.05, 0.1) is 10.8 Å². The molecule has 1 heterocycles. The minimum atomic E-state index is -0.300. The van der Waals surface area contributed by atoms with E-state index in [4.69, 9.17) is 12.2 Å². The molecule has 0 spiro atoms. The second-order valence-electron chi connectivity index (χ2n) is 10.1. The average molecular weight is 597 g/mol. The van der Waals surface area contributed by atoms with Crippen LogP contribution in [0.4, 0.5) is 16.4 Å². The summed E-state index contributed by atoms with van der Waals surface area (Å²) in [5.74, 6) is 0.361. The van der Waals surface area contributed by atoms with E-state index in [-0.39, 0.29) is 11.2 Å². The lowest BCUT2D eigenvalue weighted by Gasteiger charge is -2.22. The van der Waals surface area contributed by atoms with E-state index in [0.29, 0.717) is 28.0 Å². The zero-order chi connectivity index (χ0) is 28.8. The number of hydrogen-bond donors (Lipinski definition) is 3. The van der Waals surface area contributed by atoms with Crippen molar-refractivity contribution in [2.75, 3.05) is 16.0 Å². The van der Waals surface area contributed by atoms with Crippen LogP contribution in [-0.4, -0.2) is 16.3 Å². The quantitative estimate of drug-likeness (QED) is 0.140. The van der Waals surface area contributed by atoms with Gasteiger partial charge in [0.25, 0.3) is 0 Å². The molecule has 0 saturated carbocycles. The van der Waals surface area contributed by atoms with Gasteiger partial charge in [-0.1, -0.05) is 61.0 Å². The number of thioether (sulfide) groups is 1. The molecular formula is C33H32N4OS3. The molecule has 0 saturated heterocycles. The SMILES string of the molecule is CCC(Sc1cccc(NC(=S)Nc2ccc(C)cc2)c1)C(=O)Nc1sc2c(c1C#N)CCC(c1ccccc1)C2. The lowest BCUT2D eigenvalue weighted by molar-refractivity contribution is -0.115. The summed E-state index contributed by atoms with van der Waals surface area (Å²) in [6, 6.07) is 28.9. The number of benzene rings is 3. The lowest BCUT2D eigenvalue weighted by atomic mass is 9.83. The number of nitriles is 1. The van der Waals surface area contributed by atoms with Gasteiger partial charge in [-0.15, -0.1) is 23.1 Å². The van der Waals surface area contributed by atoms with Crippen molar-refractivity contribution in [2.24, 2.45) is 0 Å². The van der Waals surface area contributed by atoms with Crippen LogP contribution in [0.25, 0.3) is 0 Å². The number of aryl methyl sites for hydroxylation is 1. The Labute approximate surface area is 255 Å². The fourth-order valence-corrected chi connectivity index (χ4v) is 7.59. The van der Waals surface area contributed by atoms with E-state index in [0.717, 1.165) is 41.1 Å². The second-order valence-corrected chi connectivity index (χ2v) is 12.9. The number of anilines is 3. The number of hydrogen-bond acceptors (Lipinski definition) is 5. The van der Waals surface area contributed by atoms with Crippen molar-refractivity contribution in [3.05, 3.63) is 106 Å². The van der Waals surface area contributed by atoms with Gasteiger partial charge in [-0.3, -0.25) is 4.79 Å². The van der Waals surface area contributed by atoms with E-state index < -0.39 is 0 Å². The van der Waals surface area contributed by atoms with Gasteiger partial charge in [0.2, 0.25) is 5.91 Å². The van der Waals surface area contributed by atoms with Gasteiger partial charge in [-0.05, 0) is 92.2 Å². The first-order valence-corrected chi connectivity index (χ1v) is 15.9. The maximum Gasteiger partial charge on any atom is 0.238 e. The maximum absolute atomic E-state index is 13.4.